The van der Waals surface area contributed by atoms with E-state index in [2.05, 4.69) is 35.0 Å². The van der Waals surface area contributed by atoms with Gasteiger partial charge < -0.3 is 9.32 Å². The van der Waals surface area contributed by atoms with Gasteiger partial charge in [-0.2, -0.15) is 0 Å². The maximum absolute atomic E-state index is 12.3. The van der Waals surface area contributed by atoms with E-state index in [0.29, 0.717) is 10.2 Å². The van der Waals surface area contributed by atoms with Crippen molar-refractivity contribution in [1.29, 1.82) is 0 Å². The number of rotatable bonds is 3. The van der Waals surface area contributed by atoms with E-state index >= 15 is 0 Å². The monoisotopic (exact) mass is 327 g/mol. The van der Waals surface area contributed by atoms with Crippen molar-refractivity contribution in [3.05, 3.63) is 44.4 Å². The molecule has 2 aromatic rings. The number of carbonyl (C=O) groups is 1. The van der Waals surface area contributed by atoms with Crippen molar-refractivity contribution in [1.82, 2.24) is 4.90 Å². The first-order valence-corrected chi connectivity index (χ1v) is 7.18. The van der Waals surface area contributed by atoms with Crippen LogP contribution in [0.25, 0.3) is 0 Å². The Hall–Kier alpha value is -1.07. The van der Waals surface area contributed by atoms with Crippen LogP contribution in [0.3, 0.4) is 0 Å². The Balaban J connectivity index is 2.19. The van der Waals surface area contributed by atoms with Gasteiger partial charge in [0.15, 0.2) is 4.67 Å². The summed E-state index contributed by atoms with van der Waals surface area (Å²) < 4.78 is 5.58. The largest absolute Gasteiger partial charge is 0.457 e. The maximum Gasteiger partial charge on any atom is 0.258 e. The smallest absolute Gasteiger partial charge is 0.258 e. The lowest BCUT2D eigenvalue weighted by Gasteiger charge is -2.23. The van der Waals surface area contributed by atoms with Gasteiger partial charge in [0, 0.05) is 16.8 Å². The molecule has 2 rings (SSSR count). The van der Waals surface area contributed by atoms with Crippen molar-refractivity contribution in [2.75, 3.05) is 7.05 Å². The van der Waals surface area contributed by atoms with E-state index in [1.165, 1.54) is 16.0 Å². The fourth-order valence-corrected chi connectivity index (χ4v) is 3.06. The van der Waals surface area contributed by atoms with Crippen molar-refractivity contribution in [3.63, 3.8) is 0 Å². The highest BCUT2D eigenvalue weighted by molar-refractivity contribution is 9.10. The zero-order chi connectivity index (χ0) is 13.3. The van der Waals surface area contributed by atoms with E-state index in [1.54, 1.807) is 22.3 Å². The second-order valence-electron chi connectivity index (χ2n) is 4.15. The number of hydrogen-bond donors (Lipinski definition) is 0. The van der Waals surface area contributed by atoms with Crippen LogP contribution < -0.4 is 0 Å². The van der Waals surface area contributed by atoms with Gasteiger partial charge in [-0.25, -0.2) is 0 Å². The summed E-state index contributed by atoms with van der Waals surface area (Å²) in [6.45, 7) is 4.09. The molecule has 0 N–H and O–H groups in total. The van der Waals surface area contributed by atoms with E-state index < -0.39 is 0 Å². The highest BCUT2D eigenvalue weighted by Crippen LogP contribution is 2.28. The average molecular weight is 328 g/mol. The summed E-state index contributed by atoms with van der Waals surface area (Å²) in [7, 11) is 1.81. The number of aryl methyl sites for hydroxylation is 1. The van der Waals surface area contributed by atoms with Crippen LogP contribution in [-0.2, 0) is 0 Å². The first kappa shape index (κ1) is 13.4. The topological polar surface area (TPSA) is 33.5 Å². The van der Waals surface area contributed by atoms with Crippen LogP contribution in [0.2, 0.25) is 0 Å². The molecule has 1 amide bonds. The zero-order valence-corrected chi connectivity index (χ0v) is 12.8. The molecule has 0 saturated carbocycles. The summed E-state index contributed by atoms with van der Waals surface area (Å²) in [5.41, 5.74) is 0.553. The number of hydrogen-bond acceptors (Lipinski definition) is 3. The minimum Gasteiger partial charge on any atom is -0.457 e. The lowest BCUT2D eigenvalue weighted by Crippen LogP contribution is -2.29. The Bertz CT molecular complexity index is 561. The second kappa shape index (κ2) is 5.28. The molecule has 0 spiro atoms. The van der Waals surface area contributed by atoms with Gasteiger partial charge in [-0.1, -0.05) is 0 Å². The Kier molecular flexibility index (Phi) is 3.92. The first-order chi connectivity index (χ1) is 8.50. The molecule has 2 aromatic heterocycles. The predicted octanol–water partition coefficient (Wildman–Crippen LogP) is 4.25. The maximum atomic E-state index is 12.3. The summed E-state index contributed by atoms with van der Waals surface area (Å²) in [6.07, 6.45) is 1.51. The Labute approximate surface area is 119 Å². The van der Waals surface area contributed by atoms with Crippen molar-refractivity contribution < 1.29 is 9.21 Å². The van der Waals surface area contributed by atoms with Gasteiger partial charge in [-0.15, -0.1) is 11.3 Å². The number of halogens is 1. The summed E-state index contributed by atoms with van der Waals surface area (Å²) in [5, 5.41) is 0. The predicted molar refractivity (Wildman–Crippen MR) is 76.0 cm³/mol. The van der Waals surface area contributed by atoms with Gasteiger partial charge in [0.25, 0.3) is 5.91 Å². The molecule has 1 atom stereocenters. The molecule has 18 heavy (non-hydrogen) atoms. The van der Waals surface area contributed by atoms with Crippen LogP contribution in [-0.4, -0.2) is 17.9 Å². The number of thiophene rings is 1. The number of amides is 1. The van der Waals surface area contributed by atoms with Gasteiger partial charge in [-0.05, 0) is 48.0 Å². The minimum atomic E-state index is -0.0471. The van der Waals surface area contributed by atoms with E-state index in [1.807, 2.05) is 14.0 Å². The van der Waals surface area contributed by atoms with Crippen molar-refractivity contribution in [3.8, 4) is 0 Å². The van der Waals surface area contributed by atoms with E-state index in [0.717, 1.165) is 0 Å². The normalized spacial score (nSPS) is 12.4. The van der Waals surface area contributed by atoms with Crippen molar-refractivity contribution >= 4 is 33.2 Å². The number of furan rings is 1. The van der Waals surface area contributed by atoms with Gasteiger partial charge in [0.2, 0.25) is 0 Å². The lowest BCUT2D eigenvalue weighted by molar-refractivity contribution is 0.0743. The van der Waals surface area contributed by atoms with Gasteiger partial charge in [0.1, 0.15) is 0 Å². The van der Waals surface area contributed by atoms with Crippen molar-refractivity contribution in [2.45, 2.75) is 19.9 Å². The van der Waals surface area contributed by atoms with Crippen LogP contribution in [0.4, 0.5) is 0 Å². The third kappa shape index (κ3) is 2.52. The van der Waals surface area contributed by atoms with E-state index in [9.17, 15) is 4.79 Å². The number of nitrogens with zero attached hydrogens (tertiary/aromatic N) is 1. The third-order valence-electron chi connectivity index (χ3n) is 2.92. The molecule has 0 aromatic carbocycles. The molecular weight excluding hydrogens is 314 g/mol. The quantitative estimate of drug-likeness (QED) is 0.844. The molecule has 0 bridgehead atoms. The highest BCUT2D eigenvalue weighted by atomic mass is 79.9. The molecule has 1 unspecified atom stereocenters. The standard InChI is InChI=1S/C13H14BrNO2S/c1-8-4-5-11(18-8)9(2)15(3)13(16)10-6-7-17-12(10)14/h4-7,9H,1-3H3. The summed E-state index contributed by atoms with van der Waals surface area (Å²) in [4.78, 5) is 16.4. The molecule has 0 aliphatic rings. The molecule has 5 heteroatoms. The van der Waals surface area contributed by atoms with Crippen LogP contribution >= 0.6 is 27.3 Å². The van der Waals surface area contributed by atoms with Gasteiger partial charge >= 0.3 is 0 Å². The molecule has 2 heterocycles. The molecular formula is C13H14BrNO2S. The molecule has 0 fully saturated rings. The fourth-order valence-electron chi connectivity index (χ4n) is 1.68. The SMILES string of the molecule is Cc1ccc(C(C)N(C)C(=O)c2ccoc2Br)s1. The lowest BCUT2D eigenvalue weighted by atomic mass is 10.2. The summed E-state index contributed by atoms with van der Waals surface area (Å²) >= 11 is 4.95. The molecule has 0 saturated heterocycles. The van der Waals surface area contributed by atoms with Crippen LogP contribution in [0.5, 0.6) is 0 Å². The number of carbonyl (C=O) groups excluding carboxylic acids is 1. The Morgan fingerprint density at radius 2 is 2.17 bits per heavy atom. The molecule has 0 radical (unpaired) electrons. The Morgan fingerprint density at radius 3 is 2.67 bits per heavy atom. The molecule has 96 valence electrons. The zero-order valence-electron chi connectivity index (χ0n) is 10.4. The average Bonchev–Trinajstić information content (AvgIpc) is 2.95. The molecule has 0 aliphatic carbocycles. The second-order valence-corrected chi connectivity index (χ2v) is 6.19. The van der Waals surface area contributed by atoms with Gasteiger partial charge in [-0.3, -0.25) is 4.79 Å². The molecule has 0 aliphatic heterocycles. The van der Waals surface area contributed by atoms with Crippen LogP contribution in [0.15, 0.2) is 33.5 Å². The highest BCUT2D eigenvalue weighted by Gasteiger charge is 2.22. The van der Waals surface area contributed by atoms with Crippen molar-refractivity contribution in [2.24, 2.45) is 0 Å². The fraction of sp³-hybridized carbons (Fsp3) is 0.308. The third-order valence-corrected chi connectivity index (χ3v) is 4.71. The van der Waals surface area contributed by atoms with Gasteiger partial charge in [0.05, 0.1) is 17.9 Å². The molecule has 3 nitrogen and oxygen atoms in total. The van der Waals surface area contributed by atoms with Crippen LogP contribution in [0.1, 0.15) is 33.1 Å². The Morgan fingerprint density at radius 1 is 1.44 bits per heavy atom. The van der Waals surface area contributed by atoms with Crippen LogP contribution in [0, 0.1) is 6.92 Å². The van der Waals surface area contributed by atoms with E-state index in [4.69, 9.17) is 4.42 Å². The van der Waals surface area contributed by atoms with E-state index in [-0.39, 0.29) is 11.9 Å². The minimum absolute atomic E-state index is 0.0471. The summed E-state index contributed by atoms with van der Waals surface area (Å²) in [6, 6.07) is 5.87. The first-order valence-electron chi connectivity index (χ1n) is 5.57. The summed E-state index contributed by atoms with van der Waals surface area (Å²) in [5.74, 6) is -0.0471.